The maximum absolute atomic E-state index is 6.00. The van der Waals surface area contributed by atoms with E-state index in [1.807, 2.05) is 24.3 Å². The van der Waals surface area contributed by atoms with Crippen LogP contribution in [0.1, 0.15) is 40.0 Å². The molecule has 1 aliphatic carbocycles. The summed E-state index contributed by atoms with van der Waals surface area (Å²) in [5, 5.41) is 0.254. The van der Waals surface area contributed by atoms with E-state index in [9.17, 15) is 0 Å². The molecule has 0 radical (unpaired) electrons. The van der Waals surface area contributed by atoms with Crippen molar-refractivity contribution in [3.8, 4) is 5.75 Å². The molecule has 1 saturated carbocycles. The van der Waals surface area contributed by atoms with E-state index < -0.39 is 0 Å². The second-order valence-corrected chi connectivity index (χ2v) is 7.76. The maximum atomic E-state index is 6.00. The van der Waals surface area contributed by atoms with E-state index in [1.165, 1.54) is 12.8 Å². The van der Waals surface area contributed by atoms with Crippen LogP contribution in [0, 0.1) is 21.3 Å². The molecule has 2 rings (SSSR count). The fraction of sp³-hybridized carbons (Fsp3) is 0.588. The normalized spacial score (nSPS) is 25.7. The highest BCUT2D eigenvalue weighted by atomic mass is 127. The van der Waals surface area contributed by atoms with Gasteiger partial charge in [-0.2, -0.15) is 0 Å². The molecule has 1 aliphatic rings. The molecule has 21 heavy (non-hydrogen) atoms. The molecule has 1 fully saturated rings. The minimum absolute atomic E-state index is 0.183. The summed E-state index contributed by atoms with van der Waals surface area (Å²) >= 11 is 7.55. The molecule has 2 nitrogen and oxygen atoms in total. The summed E-state index contributed by atoms with van der Waals surface area (Å²) in [7, 11) is 0. The molecular formula is C17H23IO2S. The van der Waals surface area contributed by atoms with Crippen LogP contribution in [0.2, 0.25) is 0 Å². The Kier molecular flexibility index (Phi) is 6.29. The monoisotopic (exact) mass is 418 g/mol. The highest BCUT2D eigenvalue weighted by molar-refractivity contribution is 14.1. The molecule has 0 N–H and O–H groups in total. The van der Waals surface area contributed by atoms with E-state index in [1.54, 1.807) is 0 Å². The molecule has 0 amide bonds. The van der Waals surface area contributed by atoms with Crippen molar-refractivity contribution < 1.29 is 9.47 Å². The van der Waals surface area contributed by atoms with E-state index in [0.717, 1.165) is 15.7 Å². The van der Waals surface area contributed by atoms with Gasteiger partial charge >= 0.3 is 5.24 Å². The average Bonchev–Trinajstić information content (AvgIpc) is 2.41. The summed E-state index contributed by atoms with van der Waals surface area (Å²) in [6, 6.07) is 7.84. The van der Waals surface area contributed by atoms with Crippen molar-refractivity contribution in [2.75, 3.05) is 0 Å². The van der Waals surface area contributed by atoms with Crippen molar-refractivity contribution in [2.24, 2.45) is 17.8 Å². The van der Waals surface area contributed by atoms with Crippen LogP contribution in [-0.2, 0) is 4.74 Å². The quantitative estimate of drug-likeness (QED) is 0.482. The Morgan fingerprint density at radius 3 is 2.67 bits per heavy atom. The summed E-state index contributed by atoms with van der Waals surface area (Å²) in [6.07, 6.45) is 3.75. The summed E-state index contributed by atoms with van der Waals surface area (Å²) < 4.78 is 12.8. The molecular weight excluding hydrogens is 395 g/mol. The molecule has 3 atom stereocenters. The van der Waals surface area contributed by atoms with E-state index >= 15 is 0 Å². The fourth-order valence-corrected chi connectivity index (χ4v) is 3.73. The number of thiocarbonyl (C=S) groups is 1. The van der Waals surface area contributed by atoms with Crippen LogP contribution in [0.4, 0.5) is 0 Å². The van der Waals surface area contributed by atoms with Gasteiger partial charge in [0.25, 0.3) is 0 Å². The number of benzene rings is 1. The Bertz CT molecular complexity index is 489. The lowest BCUT2D eigenvalue weighted by Gasteiger charge is -2.36. The molecule has 0 heterocycles. The smallest absolute Gasteiger partial charge is 0.358 e. The average molecular weight is 418 g/mol. The lowest BCUT2D eigenvalue weighted by Crippen LogP contribution is -2.36. The van der Waals surface area contributed by atoms with Crippen LogP contribution in [-0.4, -0.2) is 11.3 Å². The Hall–Kier alpha value is -0.360. The predicted octanol–water partition coefficient (Wildman–Crippen LogP) is 5.43. The minimum atomic E-state index is 0.183. The number of para-hydroxylation sites is 1. The van der Waals surface area contributed by atoms with Crippen LogP contribution < -0.4 is 4.74 Å². The van der Waals surface area contributed by atoms with Gasteiger partial charge in [0.2, 0.25) is 0 Å². The molecule has 0 aliphatic heterocycles. The van der Waals surface area contributed by atoms with Crippen molar-refractivity contribution >= 4 is 40.0 Å². The highest BCUT2D eigenvalue weighted by Crippen LogP contribution is 2.35. The molecule has 0 saturated heterocycles. The van der Waals surface area contributed by atoms with Crippen molar-refractivity contribution in [3.63, 3.8) is 0 Å². The van der Waals surface area contributed by atoms with Gasteiger partial charge in [-0.1, -0.05) is 39.3 Å². The first-order valence-electron chi connectivity index (χ1n) is 7.60. The number of hydrogen-bond acceptors (Lipinski definition) is 3. The van der Waals surface area contributed by atoms with Gasteiger partial charge < -0.3 is 9.47 Å². The first-order chi connectivity index (χ1) is 9.97. The van der Waals surface area contributed by atoms with Crippen LogP contribution in [0.25, 0.3) is 0 Å². The van der Waals surface area contributed by atoms with Crippen molar-refractivity contribution in [2.45, 2.75) is 46.1 Å². The second-order valence-electron chi connectivity index (χ2n) is 6.26. The van der Waals surface area contributed by atoms with Gasteiger partial charge in [-0.15, -0.1) is 0 Å². The van der Waals surface area contributed by atoms with Gasteiger partial charge in [0, 0.05) is 12.2 Å². The first-order valence-corrected chi connectivity index (χ1v) is 9.09. The Morgan fingerprint density at radius 2 is 2.00 bits per heavy atom. The van der Waals surface area contributed by atoms with Crippen LogP contribution in [0.15, 0.2) is 24.3 Å². The zero-order valence-electron chi connectivity index (χ0n) is 12.8. The third-order valence-corrected chi connectivity index (χ3v) is 5.31. The van der Waals surface area contributed by atoms with E-state index in [0.29, 0.717) is 17.8 Å². The summed E-state index contributed by atoms with van der Waals surface area (Å²) in [4.78, 5) is 0. The zero-order valence-corrected chi connectivity index (χ0v) is 15.8. The summed E-state index contributed by atoms with van der Waals surface area (Å²) in [6.45, 7) is 6.82. The maximum Gasteiger partial charge on any atom is 0.358 e. The van der Waals surface area contributed by atoms with E-state index in [-0.39, 0.29) is 11.3 Å². The molecule has 0 spiro atoms. The molecule has 0 aromatic heterocycles. The SMILES string of the molecule is CC(C)[C@@H]1CC[C@@H](C)C[C@H]1OC(=S)Oc1ccccc1I. The Balaban J connectivity index is 1.98. The highest BCUT2D eigenvalue weighted by Gasteiger charge is 2.33. The van der Waals surface area contributed by atoms with Gasteiger partial charge in [0.05, 0.1) is 3.57 Å². The fourth-order valence-electron chi connectivity index (χ4n) is 3.02. The molecule has 116 valence electrons. The van der Waals surface area contributed by atoms with Gasteiger partial charge in [-0.05, 0) is 65.3 Å². The molecule has 1 aromatic rings. The lowest BCUT2D eigenvalue weighted by atomic mass is 9.75. The van der Waals surface area contributed by atoms with Gasteiger partial charge in [0.15, 0.2) is 0 Å². The van der Waals surface area contributed by atoms with Crippen LogP contribution >= 0.6 is 34.8 Å². The van der Waals surface area contributed by atoms with E-state index in [4.69, 9.17) is 21.7 Å². The largest absolute Gasteiger partial charge is 0.453 e. The topological polar surface area (TPSA) is 18.5 Å². The van der Waals surface area contributed by atoms with Crippen molar-refractivity contribution in [3.05, 3.63) is 27.8 Å². The van der Waals surface area contributed by atoms with Gasteiger partial charge in [0.1, 0.15) is 11.9 Å². The standard InChI is InChI=1S/C17H23IO2S/c1-11(2)13-9-8-12(3)10-16(13)20-17(21)19-15-7-5-4-6-14(15)18/h4-7,11-13,16H,8-10H2,1-3H3/t12-,13+,16-/m1/s1. The Morgan fingerprint density at radius 1 is 1.29 bits per heavy atom. The van der Waals surface area contributed by atoms with Gasteiger partial charge in [-0.3, -0.25) is 0 Å². The van der Waals surface area contributed by atoms with Crippen LogP contribution in [0.3, 0.4) is 0 Å². The molecule has 0 bridgehead atoms. The van der Waals surface area contributed by atoms with Crippen molar-refractivity contribution in [1.82, 2.24) is 0 Å². The number of hydrogen-bond donors (Lipinski definition) is 0. The van der Waals surface area contributed by atoms with Gasteiger partial charge in [-0.25, -0.2) is 0 Å². The predicted molar refractivity (Wildman–Crippen MR) is 98.6 cm³/mol. The first kappa shape index (κ1) is 17.0. The molecule has 1 aromatic carbocycles. The number of ether oxygens (including phenoxy) is 2. The minimum Gasteiger partial charge on any atom is -0.453 e. The van der Waals surface area contributed by atoms with Crippen LogP contribution in [0.5, 0.6) is 5.75 Å². The van der Waals surface area contributed by atoms with E-state index in [2.05, 4.69) is 43.4 Å². The van der Waals surface area contributed by atoms with Crippen molar-refractivity contribution in [1.29, 1.82) is 0 Å². The third kappa shape index (κ3) is 4.81. The number of halogens is 1. The second kappa shape index (κ2) is 7.77. The summed E-state index contributed by atoms with van der Waals surface area (Å²) in [5.74, 6) is 2.65. The Labute approximate surface area is 146 Å². The number of rotatable bonds is 3. The molecule has 0 unspecified atom stereocenters. The molecule has 4 heteroatoms. The zero-order chi connectivity index (χ0) is 15.4. The summed E-state index contributed by atoms with van der Waals surface area (Å²) in [5.41, 5.74) is 0. The lowest BCUT2D eigenvalue weighted by molar-refractivity contribution is 0.0250. The third-order valence-electron chi connectivity index (χ3n) is 4.24.